The molecular weight excluding hydrogens is 304 g/mol. The maximum atomic E-state index is 9.21. The second-order valence-electron chi connectivity index (χ2n) is 4.73. The van der Waals surface area contributed by atoms with Gasteiger partial charge in [-0.15, -0.1) is 0 Å². The molecule has 3 rings (SSSR count). The van der Waals surface area contributed by atoms with Crippen LogP contribution in [0.15, 0.2) is 41.2 Å². The molecule has 1 aromatic heterocycles. The third-order valence-electron chi connectivity index (χ3n) is 3.55. The number of nitrogens with one attached hydrogen (secondary N) is 1. The van der Waals surface area contributed by atoms with Crippen molar-refractivity contribution in [3.63, 3.8) is 0 Å². The number of hydrogen-bond donors (Lipinski definition) is 1. The van der Waals surface area contributed by atoms with E-state index in [2.05, 4.69) is 45.5 Å². The molecule has 0 aliphatic carbocycles. The Morgan fingerprint density at radius 3 is 3.00 bits per heavy atom. The lowest BCUT2D eigenvalue weighted by Crippen LogP contribution is -2.27. The summed E-state index contributed by atoms with van der Waals surface area (Å²) in [6, 6.07) is 10.5. The fourth-order valence-corrected chi connectivity index (χ4v) is 2.95. The number of anilines is 1. The van der Waals surface area contributed by atoms with E-state index in [9.17, 15) is 5.26 Å². The Morgan fingerprint density at radius 2 is 2.32 bits per heavy atom. The molecule has 0 saturated carbocycles. The zero-order valence-electron chi connectivity index (χ0n) is 10.3. The van der Waals surface area contributed by atoms with Crippen LogP contribution >= 0.6 is 15.9 Å². The number of alkyl halides is 1. The van der Waals surface area contributed by atoms with E-state index in [1.165, 1.54) is 11.1 Å². The molecule has 1 N–H and O–H groups in total. The minimum absolute atomic E-state index is 0.155. The Hall–Kier alpha value is -1.73. The molecule has 0 bridgehead atoms. The van der Waals surface area contributed by atoms with Crippen LogP contribution in [0.4, 0.5) is 5.69 Å². The first-order chi connectivity index (χ1) is 9.31. The second kappa shape index (κ2) is 5.10. The van der Waals surface area contributed by atoms with Crippen molar-refractivity contribution in [1.29, 1.82) is 5.26 Å². The van der Waals surface area contributed by atoms with E-state index in [0.717, 1.165) is 23.0 Å². The SMILES string of the molecule is N#CC1CC(c2ccoc2)c2ccc(CBr)cc2N1. The molecule has 0 saturated heterocycles. The molecule has 1 aromatic carbocycles. The van der Waals surface area contributed by atoms with Crippen LogP contribution in [0.25, 0.3) is 0 Å². The van der Waals surface area contributed by atoms with E-state index in [1.54, 1.807) is 12.5 Å². The lowest BCUT2D eigenvalue weighted by atomic mass is 9.83. The Balaban J connectivity index is 2.06. The average Bonchev–Trinajstić information content (AvgIpc) is 2.99. The molecule has 2 heterocycles. The van der Waals surface area contributed by atoms with Crippen LogP contribution in [0.2, 0.25) is 0 Å². The van der Waals surface area contributed by atoms with Gasteiger partial charge in [0, 0.05) is 16.9 Å². The van der Waals surface area contributed by atoms with Gasteiger partial charge in [-0.3, -0.25) is 0 Å². The lowest BCUT2D eigenvalue weighted by Gasteiger charge is -2.29. The molecule has 1 aliphatic rings. The largest absolute Gasteiger partial charge is 0.472 e. The van der Waals surface area contributed by atoms with Gasteiger partial charge < -0.3 is 9.73 Å². The highest BCUT2D eigenvalue weighted by Crippen LogP contribution is 2.39. The molecule has 1 aliphatic heterocycles. The third-order valence-corrected chi connectivity index (χ3v) is 4.20. The minimum atomic E-state index is -0.155. The van der Waals surface area contributed by atoms with Gasteiger partial charge in [-0.05, 0) is 35.2 Å². The number of halogens is 1. The molecule has 0 radical (unpaired) electrons. The van der Waals surface area contributed by atoms with Crippen molar-refractivity contribution in [2.45, 2.75) is 23.7 Å². The molecule has 2 atom stereocenters. The molecule has 19 heavy (non-hydrogen) atoms. The molecule has 2 unspecified atom stereocenters. The van der Waals surface area contributed by atoms with E-state index < -0.39 is 0 Å². The molecule has 0 amide bonds. The predicted molar refractivity (Wildman–Crippen MR) is 77.3 cm³/mol. The zero-order chi connectivity index (χ0) is 13.2. The highest BCUT2D eigenvalue weighted by molar-refractivity contribution is 9.08. The Kier molecular flexibility index (Phi) is 3.31. The summed E-state index contributed by atoms with van der Waals surface area (Å²) < 4.78 is 5.19. The number of hydrogen-bond acceptors (Lipinski definition) is 3. The molecule has 96 valence electrons. The number of benzene rings is 1. The fourth-order valence-electron chi connectivity index (χ4n) is 2.60. The molecule has 0 fully saturated rings. The first-order valence-corrected chi connectivity index (χ1v) is 7.31. The van der Waals surface area contributed by atoms with Gasteiger partial charge in [-0.2, -0.15) is 5.26 Å². The zero-order valence-corrected chi connectivity index (χ0v) is 11.9. The van der Waals surface area contributed by atoms with Crippen LogP contribution < -0.4 is 5.32 Å². The minimum Gasteiger partial charge on any atom is -0.472 e. The summed E-state index contributed by atoms with van der Waals surface area (Å²) in [5, 5.41) is 13.3. The average molecular weight is 317 g/mol. The Bertz CT molecular complexity index is 616. The normalized spacial score (nSPS) is 21.3. The summed E-state index contributed by atoms with van der Waals surface area (Å²) in [5.41, 5.74) is 4.63. The molecular formula is C15H13BrN2O. The third kappa shape index (κ3) is 2.26. The maximum Gasteiger partial charge on any atom is 0.115 e. The summed E-state index contributed by atoms with van der Waals surface area (Å²) in [7, 11) is 0. The number of fused-ring (bicyclic) bond motifs is 1. The van der Waals surface area contributed by atoms with Crippen LogP contribution in [-0.4, -0.2) is 6.04 Å². The van der Waals surface area contributed by atoms with E-state index in [0.29, 0.717) is 0 Å². The van der Waals surface area contributed by atoms with Crippen molar-refractivity contribution in [1.82, 2.24) is 0 Å². The predicted octanol–water partition coefficient (Wildman–Crippen LogP) is 4.01. The van der Waals surface area contributed by atoms with E-state index >= 15 is 0 Å². The van der Waals surface area contributed by atoms with Crippen molar-refractivity contribution in [3.05, 3.63) is 53.5 Å². The van der Waals surface area contributed by atoms with Crippen LogP contribution in [0.5, 0.6) is 0 Å². The molecule has 4 heteroatoms. The lowest BCUT2D eigenvalue weighted by molar-refractivity contribution is 0.557. The summed E-state index contributed by atoms with van der Waals surface area (Å²) in [4.78, 5) is 0. The quantitative estimate of drug-likeness (QED) is 0.851. The second-order valence-corrected chi connectivity index (χ2v) is 5.29. The van der Waals surface area contributed by atoms with Crippen LogP contribution in [0, 0.1) is 11.3 Å². The monoisotopic (exact) mass is 316 g/mol. The van der Waals surface area contributed by atoms with Crippen molar-refractivity contribution in [2.75, 3.05) is 5.32 Å². The fraction of sp³-hybridized carbons (Fsp3) is 0.267. The summed E-state index contributed by atoms with van der Waals surface area (Å²) in [5.74, 6) is 0.226. The number of nitrogens with zero attached hydrogens (tertiary/aromatic N) is 1. The standard InChI is InChI=1S/C15H13BrN2O/c16-7-10-1-2-13-14(11-3-4-19-9-11)6-12(8-17)18-15(13)5-10/h1-5,9,12,14,18H,6-7H2. The summed E-state index contributed by atoms with van der Waals surface area (Å²) >= 11 is 3.46. The first-order valence-electron chi connectivity index (χ1n) is 6.19. The van der Waals surface area contributed by atoms with Gasteiger partial charge >= 0.3 is 0 Å². The van der Waals surface area contributed by atoms with Crippen molar-refractivity contribution in [3.8, 4) is 6.07 Å². The molecule has 3 nitrogen and oxygen atoms in total. The number of rotatable bonds is 2. The topological polar surface area (TPSA) is 49.0 Å². The van der Waals surface area contributed by atoms with Crippen LogP contribution in [0.3, 0.4) is 0 Å². The van der Waals surface area contributed by atoms with Crippen molar-refractivity contribution >= 4 is 21.6 Å². The highest BCUT2D eigenvalue weighted by atomic mass is 79.9. The molecule has 2 aromatic rings. The summed E-state index contributed by atoms with van der Waals surface area (Å²) in [6.07, 6.45) is 4.23. The Labute approximate surface area is 120 Å². The van der Waals surface area contributed by atoms with Crippen LogP contribution in [0.1, 0.15) is 29.0 Å². The van der Waals surface area contributed by atoms with E-state index in [4.69, 9.17) is 4.42 Å². The number of furan rings is 1. The van der Waals surface area contributed by atoms with Crippen molar-refractivity contribution < 1.29 is 4.42 Å². The number of nitriles is 1. The van der Waals surface area contributed by atoms with Gasteiger partial charge in [0.15, 0.2) is 0 Å². The smallest absolute Gasteiger partial charge is 0.115 e. The maximum absolute atomic E-state index is 9.21. The Morgan fingerprint density at radius 1 is 1.42 bits per heavy atom. The first kappa shape index (κ1) is 12.3. The summed E-state index contributed by atoms with van der Waals surface area (Å²) in [6.45, 7) is 0. The van der Waals surface area contributed by atoms with Gasteiger partial charge in [0.25, 0.3) is 0 Å². The van der Waals surface area contributed by atoms with Crippen molar-refractivity contribution in [2.24, 2.45) is 0 Å². The van der Waals surface area contributed by atoms with Crippen LogP contribution in [-0.2, 0) is 5.33 Å². The molecule has 0 spiro atoms. The van der Waals surface area contributed by atoms with Gasteiger partial charge in [0.1, 0.15) is 6.04 Å². The highest BCUT2D eigenvalue weighted by Gasteiger charge is 2.28. The van der Waals surface area contributed by atoms with Gasteiger partial charge in [-0.1, -0.05) is 28.1 Å². The van der Waals surface area contributed by atoms with E-state index in [1.807, 2.05) is 6.07 Å². The van der Waals surface area contributed by atoms with E-state index in [-0.39, 0.29) is 12.0 Å². The van der Waals surface area contributed by atoms with Gasteiger partial charge in [-0.25, -0.2) is 0 Å². The van der Waals surface area contributed by atoms with Gasteiger partial charge in [0.05, 0.1) is 18.6 Å². The van der Waals surface area contributed by atoms with Gasteiger partial charge in [0.2, 0.25) is 0 Å².